The van der Waals surface area contributed by atoms with E-state index in [1.807, 2.05) is 0 Å². The summed E-state index contributed by atoms with van der Waals surface area (Å²) in [5, 5.41) is 12.6. The van der Waals surface area contributed by atoms with E-state index in [1.54, 1.807) is 0 Å². The summed E-state index contributed by atoms with van der Waals surface area (Å²) in [6.07, 6.45) is 5.24. The third-order valence-corrected chi connectivity index (χ3v) is 5.76. The molecule has 0 aromatic heterocycles. The van der Waals surface area contributed by atoms with Gasteiger partial charge in [0.25, 0.3) is 0 Å². The average Bonchev–Trinajstić information content (AvgIpc) is 3.01. The van der Waals surface area contributed by atoms with E-state index in [0.29, 0.717) is 18.4 Å². The van der Waals surface area contributed by atoms with Crippen molar-refractivity contribution in [3.05, 3.63) is 0 Å². The van der Waals surface area contributed by atoms with Crippen molar-refractivity contribution >= 4 is 5.91 Å². The van der Waals surface area contributed by atoms with Crippen molar-refractivity contribution in [3.63, 3.8) is 0 Å². The molecule has 1 amide bonds. The normalized spacial score (nSPS) is 33.7. The van der Waals surface area contributed by atoms with E-state index in [4.69, 9.17) is 5.73 Å². The van der Waals surface area contributed by atoms with E-state index in [-0.39, 0.29) is 29.9 Å². The van der Waals surface area contributed by atoms with E-state index in [1.165, 1.54) is 6.42 Å². The first kappa shape index (κ1) is 14.8. The molecule has 0 aromatic carbocycles. The molecule has 0 aromatic rings. The van der Waals surface area contributed by atoms with Crippen molar-refractivity contribution in [1.82, 2.24) is 5.32 Å². The Kier molecular flexibility index (Phi) is 4.51. The SMILES string of the molecule is CCC(CC)(CO)CNC(=O)C1C2CCC(C2)C1N. The molecule has 110 valence electrons. The van der Waals surface area contributed by atoms with Gasteiger partial charge in [0.15, 0.2) is 0 Å². The van der Waals surface area contributed by atoms with Crippen molar-refractivity contribution in [1.29, 1.82) is 0 Å². The molecule has 2 rings (SSSR count). The van der Waals surface area contributed by atoms with Gasteiger partial charge in [-0.1, -0.05) is 13.8 Å². The molecule has 2 aliphatic rings. The van der Waals surface area contributed by atoms with Gasteiger partial charge in [-0.15, -0.1) is 0 Å². The highest BCUT2D eigenvalue weighted by atomic mass is 16.3. The number of hydrogen-bond donors (Lipinski definition) is 3. The van der Waals surface area contributed by atoms with E-state index in [0.717, 1.165) is 25.7 Å². The van der Waals surface area contributed by atoms with Gasteiger partial charge in [0, 0.05) is 18.0 Å². The summed E-state index contributed by atoms with van der Waals surface area (Å²) >= 11 is 0. The second-order valence-corrected chi connectivity index (χ2v) is 6.52. The molecule has 2 saturated carbocycles. The van der Waals surface area contributed by atoms with E-state index >= 15 is 0 Å². The van der Waals surface area contributed by atoms with Crippen LogP contribution in [0.15, 0.2) is 0 Å². The maximum Gasteiger partial charge on any atom is 0.224 e. The fourth-order valence-corrected chi connectivity index (χ4v) is 3.90. The molecule has 2 bridgehead atoms. The van der Waals surface area contributed by atoms with Crippen LogP contribution >= 0.6 is 0 Å². The van der Waals surface area contributed by atoms with E-state index in [9.17, 15) is 9.90 Å². The van der Waals surface area contributed by atoms with Gasteiger partial charge in [-0.3, -0.25) is 4.79 Å². The van der Waals surface area contributed by atoms with Crippen LogP contribution in [-0.2, 0) is 4.79 Å². The van der Waals surface area contributed by atoms with Crippen molar-refractivity contribution in [3.8, 4) is 0 Å². The quantitative estimate of drug-likeness (QED) is 0.679. The predicted molar refractivity (Wildman–Crippen MR) is 75.4 cm³/mol. The number of fused-ring (bicyclic) bond motifs is 2. The summed E-state index contributed by atoms with van der Waals surface area (Å²) in [6.45, 7) is 4.82. The molecule has 2 aliphatic carbocycles. The van der Waals surface area contributed by atoms with Crippen molar-refractivity contribution in [2.75, 3.05) is 13.2 Å². The Morgan fingerprint density at radius 3 is 2.42 bits per heavy atom. The largest absolute Gasteiger partial charge is 0.396 e. The Morgan fingerprint density at radius 1 is 1.32 bits per heavy atom. The van der Waals surface area contributed by atoms with Gasteiger partial charge < -0.3 is 16.2 Å². The highest BCUT2D eigenvalue weighted by molar-refractivity contribution is 5.80. The Hall–Kier alpha value is -0.610. The topological polar surface area (TPSA) is 75.3 Å². The Bertz CT molecular complexity index is 318. The minimum atomic E-state index is -0.169. The van der Waals surface area contributed by atoms with Crippen molar-refractivity contribution in [2.24, 2.45) is 28.9 Å². The number of nitrogens with two attached hydrogens (primary N) is 1. The number of carbonyl (C=O) groups excluding carboxylic acids is 1. The standard InChI is InChI=1S/C15H28N2O2/c1-3-15(4-2,9-18)8-17-14(19)12-10-5-6-11(7-10)13(12)16/h10-13,18H,3-9,16H2,1-2H3,(H,17,19). The number of aliphatic hydroxyl groups excluding tert-OH is 1. The summed E-state index contributed by atoms with van der Waals surface area (Å²) in [5.41, 5.74) is 6.02. The molecule has 0 saturated heterocycles. The number of aliphatic hydroxyl groups is 1. The second-order valence-electron chi connectivity index (χ2n) is 6.52. The van der Waals surface area contributed by atoms with Crippen molar-refractivity contribution in [2.45, 2.75) is 52.0 Å². The fraction of sp³-hybridized carbons (Fsp3) is 0.933. The van der Waals surface area contributed by atoms with Crippen LogP contribution in [0.25, 0.3) is 0 Å². The van der Waals surface area contributed by atoms with Gasteiger partial charge >= 0.3 is 0 Å². The summed E-state index contributed by atoms with van der Waals surface area (Å²) in [4.78, 5) is 12.4. The zero-order valence-electron chi connectivity index (χ0n) is 12.2. The van der Waals surface area contributed by atoms with Gasteiger partial charge in [-0.25, -0.2) is 0 Å². The summed E-state index contributed by atoms with van der Waals surface area (Å²) in [6, 6.07) is 0.0468. The third-order valence-electron chi connectivity index (χ3n) is 5.76. The molecular formula is C15H28N2O2. The predicted octanol–water partition coefficient (Wildman–Crippen LogP) is 1.27. The minimum Gasteiger partial charge on any atom is -0.396 e. The Balaban J connectivity index is 1.91. The zero-order valence-corrected chi connectivity index (χ0v) is 12.2. The third kappa shape index (κ3) is 2.65. The minimum absolute atomic E-state index is 0.00357. The first-order valence-electron chi connectivity index (χ1n) is 7.71. The fourth-order valence-electron chi connectivity index (χ4n) is 3.90. The number of nitrogens with one attached hydrogen (secondary N) is 1. The molecule has 4 unspecified atom stereocenters. The lowest BCUT2D eigenvalue weighted by molar-refractivity contribution is -0.127. The van der Waals surface area contributed by atoms with Crippen LogP contribution in [0.3, 0.4) is 0 Å². The number of carbonyl (C=O) groups is 1. The molecule has 0 aliphatic heterocycles. The average molecular weight is 268 g/mol. The maximum atomic E-state index is 12.4. The molecule has 4 nitrogen and oxygen atoms in total. The van der Waals surface area contributed by atoms with E-state index in [2.05, 4.69) is 19.2 Å². The van der Waals surface area contributed by atoms with Gasteiger partial charge in [-0.2, -0.15) is 0 Å². The molecule has 2 fully saturated rings. The Morgan fingerprint density at radius 2 is 1.95 bits per heavy atom. The summed E-state index contributed by atoms with van der Waals surface area (Å²) in [7, 11) is 0. The molecular weight excluding hydrogens is 240 g/mol. The number of hydrogen-bond acceptors (Lipinski definition) is 3. The van der Waals surface area contributed by atoms with Crippen LogP contribution in [0.4, 0.5) is 0 Å². The first-order valence-corrected chi connectivity index (χ1v) is 7.71. The highest BCUT2D eigenvalue weighted by Gasteiger charge is 2.49. The van der Waals surface area contributed by atoms with Crippen LogP contribution in [-0.4, -0.2) is 30.2 Å². The van der Waals surface area contributed by atoms with Gasteiger partial charge in [-0.05, 0) is 43.9 Å². The molecule has 19 heavy (non-hydrogen) atoms. The first-order chi connectivity index (χ1) is 9.06. The lowest BCUT2D eigenvalue weighted by atomic mass is 9.81. The molecule has 0 radical (unpaired) electrons. The Labute approximate surface area is 116 Å². The van der Waals surface area contributed by atoms with Gasteiger partial charge in [0.2, 0.25) is 5.91 Å². The lowest BCUT2D eigenvalue weighted by Gasteiger charge is -2.32. The molecule has 0 spiro atoms. The second kappa shape index (κ2) is 5.80. The van der Waals surface area contributed by atoms with Gasteiger partial charge in [0.05, 0.1) is 12.5 Å². The molecule has 4 N–H and O–H groups in total. The lowest BCUT2D eigenvalue weighted by Crippen LogP contribution is -2.48. The van der Waals surface area contributed by atoms with Crippen LogP contribution in [0.5, 0.6) is 0 Å². The van der Waals surface area contributed by atoms with Crippen LogP contribution in [0, 0.1) is 23.2 Å². The van der Waals surface area contributed by atoms with Crippen molar-refractivity contribution < 1.29 is 9.90 Å². The molecule has 0 heterocycles. The highest BCUT2D eigenvalue weighted by Crippen LogP contribution is 2.47. The van der Waals surface area contributed by atoms with Crippen LogP contribution < -0.4 is 11.1 Å². The molecule has 4 atom stereocenters. The monoisotopic (exact) mass is 268 g/mol. The van der Waals surface area contributed by atoms with E-state index < -0.39 is 0 Å². The number of amides is 1. The zero-order chi connectivity index (χ0) is 14.0. The molecule has 4 heteroatoms. The maximum absolute atomic E-state index is 12.4. The number of rotatable bonds is 6. The summed E-state index contributed by atoms with van der Waals surface area (Å²) < 4.78 is 0. The smallest absolute Gasteiger partial charge is 0.224 e. The van der Waals surface area contributed by atoms with Crippen LogP contribution in [0.2, 0.25) is 0 Å². The summed E-state index contributed by atoms with van der Waals surface area (Å²) in [5.74, 6) is 1.16. The van der Waals surface area contributed by atoms with Gasteiger partial charge in [0.1, 0.15) is 0 Å². The van der Waals surface area contributed by atoms with Crippen LogP contribution in [0.1, 0.15) is 46.0 Å².